The van der Waals surface area contributed by atoms with Crippen molar-refractivity contribution in [3.05, 3.63) is 60.0 Å². The Labute approximate surface area is 178 Å². The number of alkyl halides is 3. The number of ether oxygens (including phenoxy) is 1. The second-order valence-electron chi connectivity index (χ2n) is 6.91. The molecule has 7 nitrogen and oxygen atoms in total. The number of nitrogens with zero attached hydrogens (tertiary/aromatic N) is 3. The molecule has 32 heavy (non-hydrogen) atoms. The lowest BCUT2D eigenvalue weighted by atomic mass is 10.2. The fraction of sp³-hybridized carbons (Fsp3) is 0.263. The van der Waals surface area contributed by atoms with Crippen LogP contribution in [-0.4, -0.2) is 42.1 Å². The topological polar surface area (TPSA) is 85.5 Å². The molecule has 0 amide bonds. The van der Waals surface area contributed by atoms with Crippen molar-refractivity contribution in [3.63, 3.8) is 0 Å². The SMILES string of the molecule is O=S(=O)(c1ccc(F)cc1F)N1CC[C@H](Oc2ccc(-c3noc(C(F)(F)F)n3)cc2)C1. The Morgan fingerprint density at radius 2 is 1.81 bits per heavy atom. The van der Waals surface area contributed by atoms with Crippen LogP contribution >= 0.6 is 0 Å². The van der Waals surface area contributed by atoms with Crippen molar-refractivity contribution in [2.24, 2.45) is 0 Å². The lowest BCUT2D eigenvalue weighted by molar-refractivity contribution is -0.159. The molecule has 1 aliphatic rings. The maximum absolute atomic E-state index is 13.9. The van der Waals surface area contributed by atoms with Crippen LogP contribution < -0.4 is 4.74 Å². The van der Waals surface area contributed by atoms with E-state index in [1.165, 1.54) is 24.3 Å². The number of rotatable bonds is 5. The van der Waals surface area contributed by atoms with E-state index in [1.54, 1.807) is 0 Å². The van der Waals surface area contributed by atoms with E-state index < -0.39 is 44.7 Å². The summed E-state index contributed by atoms with van der Waals surface area (Å²) in [5, 5.41) is 3.29. The monoisotopic (exact) mass is 475 g/mol. The van der Waals surface area contributed by atoms with Gasteiger partial charge in [-0.25, -0.2) is 17.2 Å². The maximum Gasteiger partial charge on any atom is 0.471 e. The molecule has 170 valence electrons. The van der Waals surface area contributed by atoms with Crippen molar-refractivity contribution >= 4 is 10.0 Å². The number of sulfonamides is 1. The molecule has 0 radical (unpaired) electrons. The zero-order valence-corrected chi connectivity index (χ0v) is 16.8. The number of hydrogen-bond acceptors (Lipinski definition) is 6. The number of benzene rings is 2. The van der Waals surface area contributed by atoms with Crippen LogP contribution in [-0.2, 0) is 16.2 Å². The first kappa shape index (κ1) is 22.1. The van der Waals surface area contributed by atoms with Crippen LogP contribution in [0, 0.1) is 11.6 Å². The van der Waals surface area contributed by atoms with E-state index in [2.05, 4.69) is 14.7 Å². The molecule has 4 rings (SSSR count). The van der Waals surface area contributed by atoms with Crippen LogP contribution in [0.1, 0.15) is 12.3 Å². The molecule has 0 N–H and O–H groups in total. The zero-order chi connectivity index (χ0) is 23.1. The minimum atomic E-state index is -4.75. The average molecular weight is 475 g/mol. The second-order valence-corrected chi connectivity index (χ2v) is 8.82. The first-order valence-corrected chi connectivity index (χ1v) is 10.6. The summed E-state index contributed by atoms with van der Waals surface area (Å²) in [6, 6.07) is 8.03. The molecule has 0 spiro atoms. The smallest absolute Gasteiger partial charge is 0.471 e. The molecule has 0 unspecified atom stereocenters. The van der Waals surface area contributed by atoms with Gasteiger partial charge in [-0.05, 0) is 42.8 Å². The fourth-order valence-electron chi connectivity index (χ4n) is 3.17. The molecule has 2 heterocycles. The molecular weight excluding hydrogens is 461 g/mol. The van der Waals surface area contributed by atoms with Gasteiger partial charge >= 0.3 is 12.1 Å². The van der Waals surface area contributed by atoms with E-state index in [1.807, 2.05) is 0 Å². The lowest BCUT2D eigenvalue weighted by Gasteiger charge is -2.18. The normalized spacial score (nSPS) is 17.6. The summed E-state index contributed by atoms with van der Waals surface area (Å²) in [6.45, 7) is 0.0195. The summed E-state index contributed by atoms with van der Waals surface area (Å²) in [5.74, 6) is -3.44. The highest BCUT2D eigenvalue weighted by Crippen LogP contribution is 2.30. The molecule has 13 heteroatoms. The number of hydrogen-bond donors (Lipinski definition) is 0. The third-order valence-corrected chi connectivity index (χ3v) is 6.60. The molecule has 3 aromatic rings. The van der Waals surface area contributed by atoms with Crippen molar-refractivity contribution in [1.29, 1.82) is 0 Å². The Morgan fingerprint density at radius 3 is 2.44 bits per heavy atom. The van der Waals surface area contributed by atoms with Crippen LogP contribution in [0.3, 0.4) is 0 Å². The quantitative estimate of drug-likeness (QED) is 0.521. The summed E-state index contributed by atoms with van der Waals surface area (Å²) < 4.78 is 101. The predicted octanol–water partition coefficient (Wildman–Crippen LogP) is 3.88. The molecule has 0 bridgehead atoms. The minimum Gasteiger partial charge on any atom is -0.489 e. The first-order valence-electron chi connectivity index (χ1n) is 9.17. The highest BCUT2D eigenvalue weighted by Gasteiger charge is 2.38. The van der Waals surface area contributed by atoms with Gasteiger partial charge in [0, 0.05) is 18.2 Å². The lowest BCUT2D eigenvalue weighted by Crippen LogP contribution is -2.31. The summed E-state index contributed by atoms with van der Waals surface area (Å²) in [4.78, 5) is 2.67. The van der Waals surface area contributed by atoms with Crippen LogP contribution in [0.5, 0.6) is 5.75 Å². The number of aromatic nitrogens is 2. The van der Waals surface area contributed by atoms with Crippen LogP contribution in [0.25, 0.3) is 11.4 Å². The van der Waals surface area contributed by atoms with Gasteiger partial charge in [0.2, 0.25) is 15.8 Å². The summed E-state index contributed by atoms with van der Waals surface area (Å²) in [7, 11) is -4.17. The maximum atomic E-state index is 13.9. The van der Waals surface area contributed by atoms with E-state index in [0.717, 1.165) is 16.4 Å². The Bertz CT molecular complexity index is 1230. The van der Waals surface area contributed by atoms with Crippen molar-refractivity contribution in [2.45, 2.75) is 23.6 Å². The summed E-state index contributed by atoms with van der Waals surface area (Å²) >= 11 is 0. The molecular formula is C19H14F5N3O4S. The van der Waals surface area contributed by atoms with E-state index in [9.17, 15) is 30.4 Å². The van der Waals surface area contributed by atoms with Gasteiger partial charge in [-0.15, -0.1) is 0 Å². The van der Waals surface area contributed by atoms with Crippen molar-refractivity contribution in [2.75, 3.05) is 13.1 Å². The van der Waals surface area contributed by atoms with Gasteiger partial charge in [0.25, 0.3) is 0 Å². The molecule has 1 fully saturated rings. The number of halogens is 5. The Hall–Kier alpha value is -3.06. The Kier molecular flexibility index (Phi) is 5.63. The largest absolute Gasteiger partial charge is 0.489 e. The van der Waals surface area contributed by atoms with Crippen LogP contribution in [0.2, 0.25) is 0 Å². The molecule has 1 atom stereocenters. The first-order chi connectivity index (χ1) is 15.0. The van der Waals surface area contributed by atoms with Crippen molar-refractivity contribution < 1.29 is 39.6 Å². The summed E-state index contributed by atoms with van der Waals surface area (Å²) in [5.41, 5.74) is 0.263. The van der Waals surface area contributed by atoms with Gasteiger partial charge < -0.3 is 9.26 Å². The van der Waals surface area contributed by atoms with E-state index in [-0.39, 0.29) is 24.5 Å². The standard InChI is InChI=1S/C19H14F5N3O4S/c20-12-3-6-16(15(21)9-12)32(28,29)27-8-7-14(10-27)30-13-4-1-11(2-5-13)17-25-18(31-26-17)19(22,23)24/h1-6,9,14H,7-8,10H2/t14-/m0/s1. The molecule has 0 saturated carbocycles. The van der Waals surface area contributed by atoms with Gasteiger partial charge in [0.1, 0.15) is 28.4 Å². The van der Waals surface area contributed by atoms with Gasteiger partial charge in [-0.2, -0.15) is 22.5 Å². The van der Waals surface area contributed by atoms with Crippen molar-refractivity contribution in [1.82, 2.24) is 14.4 Å². The fourth-order valence-corrected chi connectivity index (χ4v) is 4.70. The third kappa shape index (κ3) is 4.43. The molecule has 1 saturated heterocycles. The Balaban J connectivity index is 1.42. The molecule has 0 aliphatic carbocycles. The Morgan fingerprint density at radius 1 is 1.09 bits per heavy atom. The van der Waals surface area contributed by atoms with Gasteiger partial charge in [-0.1, -0.05) is 5.16 Å². The molecule has 2 aromatic carbocycles. The van der Waals surface area contributed by atoms with E-state index >= 15 is 0 Å². The minimum absolute atomic E-state index is 0.0549. The molecule has 1 aliphatic heterocycles. The average Bonchev–Trinajstić information content (AvgIpc) is 3.38. The molecule has 1 aromatic heterocycles. The highest BCUT2D eigenvalue weighted by molar-refractivity contribution is 7.89. The zero-order valence-electron chi connectivity index (χ0n) is 16.0. The van der Waals surface area contributed by atoms with Gasteiger partial charge in [-0.3, -0.25) is 0 Å². The van der Waals surface area contributed by atoms with E-state index in [0.29, 0.717) is 18.2 Å². The van der Waals surface area contributed by atoms with Gasteiger partial charge in [0.05, 0.1) is 6.54 Å². The van der Waals surface area contributed by atoms with Crippen molar-refractivity contribution in [3.8, 4) is 17.1 Å². The third-order valence-electron chi connectivity index (χ3n) is 4.70. The van der Waals surface area contributed by atoms with E-state index in [4.69, 9.17) is 4.74 Å². The highest BCUT2D eigenvalue weighted by atomic mass is 32.2. The summed E-state index contributed by atoms with van der Waals surface area (Å²) in [6.07, 6.45) is -4.97. The van der Waals surface area contributed by atoms with Gasteiger partial charge in [0.15, 0.2) is 0 Å². The van der Waals surface area contributed by atoms with Crippen LogP contribution in [0.15, 0.2) is 51.9 Å². The van der Waals surface area contributed by atoms with Crippen LogP contribution in [0.4, 0.5) is 22.0 Å². The second kappa shape index (κ2) is 8.13. The predicted molar refractivity (Wildman–Crippen MR) is 98.9 cm³/mol.